The third kappa shape index (κ3) is 3.89. The molecule has 0 saturated carbocycles. The van der Waals surface area contributed by atoms with Gasteiger partial charge in [-0.05, 0) is 12.6 Å². The highest BCUT2D eigenvalue weighted by molar-refractivity contribution is 6.33. The topological polar surface area (TPSA) is 54.5 Å². The van der Waals surface area contributed by atoms with Crippen molar-refractivity contribution in [3.05, 3.63) is 29.0 Å². The van der Waals surface area contributed by atoms with E-state index in [4.69, 9.17) is 16.3 Å². The molecule has 0 radical (unpaired) electrons. The van der Waals surface area contributed by atoms with Crippen molar-refractivity contribution < 1.29 is 9.53 Å². The lowest BCUT2D eigenvalue weighted by molar-refractivity contribution is -0.0246. The predicted octanol–water partition coefficient (Wildman–Crippen LogP) is 1.19. The number of ether oxygens (including phenoxy) is 1. The number of morpholine rings is 1. The molecule has 1 amide bonds. The molecule has 1 saturated heterocycles. The van der Waals surface area contributed by atoms with Gasteiger partial charge in [-0.1, -0.05) is 18.5 Å². The molecule has 1 aliphatic rings. The number of carbonyl (C=O) groups excluding carboxylic acids is 1. The number of pyridine rings is 1. The minimum atomic E-state index is -0.213. The van der Waals surface area contributed by atoms with Gasteiger partial charge >= 0.3 is 0 Å². The van der Waals surface area contributed by atoms with Gasteiger partial charge in [-0.3, -0.25) is 14.7 Å². The third-order valence-corrected chi connectivity index (χ3v) is 3.50. The fourth-order valence-electron chi connectivity index (χ4n) is 2.04. The quantitative estimate of drug-likeness (QED) is 0.902. The summed E-state index contributed by atoms with van der Waals surface area (Å²) in [6, 6.07) is 1.60. The number of rotatable bonds is 4. The maximum atomic E-state index is 12.0. The maximum absolute atomic E-state index is 12.0. The first-order chi connectivity index (χ1) is 9.20. The van der Waals surface area contributed by atoms with Crippen LogP contribution < -0.4 is 5.32 Å². The highest BCUT2D eigenvalue weighted by atomic mass is 35.5. The highest BCUT2D eigenvalue weighted by Gasteiger charge is 2.20. The van der Waals surface area contributed by atoms with E-state index in [1.54, 1.807) is 12.3 Å². The molecule has 0 aromatic carbocycles. The van der Waals surface area contributed by atoms with E-state index in [9.17, 15) is 4.79 Å². The van der Waals surface area contributed by atoms with Gasteiger partial charge in [0, 0.05) is 32.0 Å². The Morgan fingerprint density at radius 3 is 3.26 bits per heavy atom. The summed E-state index contributed by atoms with van der Waals surface area (Å²) in [7, 11) is 0. The molecule has 0 aliphatic carbocycles. The van der Waals surface area contributed by atoms with Crippen molar-refractivity contribution >= 4 is 17.5 Å². The van der Waals surface area contributed by atoms with Crippen LogP contribution in [0.1, 0.15) is 17.3 Å². The molecule has 1 aliphatic heterocycles. The second-order valence-electron chi connectivity index (χ2n) is 4.45. The van der Waals surface area contributed by atoms with Gasteiger partial charge in [-0.25, -0.2) is 0 Å². The van der Waals surface area contributed by atoms with Crippen molar-refractivity contribution in [2.24, 2.45) is 0 Å². The van der Waals surface area contributed by atoms with Crippen LogP contribution in [-0.2, 0) is 4.74 Å². The molecule has 104 valence electrons. The molecule has 5 nitrogen and oxygen atoms in total. The standard InChI is InChI=1S/C13H18ClN3O2/c1-2-17-5-6-19-10(9-17)7-16-13(18)11-8-15-4-3-12(11)14/h3-4,8,10H,2,5-7,9H2,1H3,(H,16,18). The molecule has 1 fully saturated rings. The molecule has 1 unspecified atom stereocenters. The average molecular weight is 284 g/mol. The number of halogens is 1. The smallest absolute Gasteiger partial charge is 0.254 e. The first-order valence-corrected chi connectivity index (χ1v) is 6.80. The Kier molecular flexibility index (Phi) is 5.13. The van der Waals surface area contributed by atoms with E-state index in [2.05, 4.69) is 22.1 Å². The van der Waals surface area contributed by atoms with E-state index in [-0.39, 0.29) is 12.0 Å². The van der Waals surface area contributed by atoms with E-state index >= 15 is 0 Å². The number of aromatic nitrogens is 1. The van der Waals surface area contributed by atoms with Crippen LogP contribution in [0.2, 0.25) is 5.02 Å². The first-order valence-electron chi connectivity index (χ1n) is 6.42. The summed E-state index contributed by atoms with van der Waals surface area (Å²) in [5.74, 6) is -0.213. The van der Waals surface area contributed by atoms with Gasteiger partial charge in [0.1, 0.15) is 0 Å². The molecule has 6 heteroatoms. The normalized spacial score (nSPS) is 20.2. The van der Waals surface area contributed by atoms with Gasteiger partial charge in [0.15, 0.2) is 0 Å². The molecule has 2 heterocycles. The largest absolute Gasteiger partial charge is 0.374 e. The fraction of sp³-hybridized carbons (Fsp3) is 0.538. The maximum Gasteiger partial charge on any atom is 0.254 e. The van der Waals surface area contributed by atoms with Crippen LogP contribution in [0, 0.1) is 0 Å². The molecule has 0 bridgehead atoms. The molecule has 2 rings (SSSR count). The zero-order valence-electron chi connectivity index (χ0n) is 10.9. The van der Waals surface area contributed by atoms with Crippen molar-refractivity contribution in [3.63, 3.8) is 0 Å². The van der Waals surface area contributed by atoms with Gasteiger partial charge in [0.05, 0.1) is 23.3 Å². The number of hydrogen-bond acceptors (Lipinski definition) is 4. The van der Waals surface area contributed by atoms with E-state index in [0.29, 0.717) is 23.7 Å². The number of carbonyl (C=O) groups is 1. The summed E-state index contributed by atoms with van der Waals surface area (Å²) in [6.07, 6.45) is 3.06. The molecule has 19 heavy (non-hydrogen) atoms. The van der Waals surface area contributed by atoms with Crippen LogP contribution in [0.5, 0.6) is 0 Å². The van der Waals surface area contributed by atoms with Gasteiger partial charge in [-0.2, -0.15) is 0 Å². The molecule has 1 N–H and O–H groups in total. The van der Waals surface area contributed by atoms with Crippen molar-refractivity contribution in [1.82, 2.24) is 15.2 Å². The zero-order chi connectivity index (χ0) is 13.7. The summed E-state index contributed by atoms with van der Waals surface area (Å²) in [6.45, 7) is 6.12. The summed E-state index contributed by atoms with van der Waals surface area (Å²) < 4.78 is 5.62. The van der Waals surface area contributed by atoms with Crippen LogP contribution >= 0.6 is 11.6 Å². The Morgan fingerprint density at radius 2 is 2.53 bits per heavy atom. The van der Waals surface area contributed by atoms with Crippen LogP contribution in [0.4, 0.5) is 0 Å². The summed E-state index contributed by atoms with van der Waals surface area (Å²) in [5.41, 5.74) is 0.396. The molecular weight excluding hydrogens is 266 g/mol. The SMILES string of the molecule is CCN1CCOC(CNC(=O)c2cnccc2Cl)C1. The third-order valence-electron chi connectivity index (χ3n) is 3.17. The van der Waals surface area contributed by atoms with Crippen LogP contribution in [0.3, 0.4) is 0 Å². The van der Waals surface area contributed by atoms with E-state index in [1.165, 1.54) is 6.20 Å². The second-order valence-corrected chi connectivity index (χ2v) is 4.86. The second kappa shape index (κ2) is 6.84. The Hall–Kier alpha value is -1.17. The molecular formula is C13H18ClN3O2. The van der Waals surface area contributed by atoms with Gasteiger partial charge in [-0.15, -0.1) is 0 Å². The minimum Gasteiger partial charge on any atom is -0.374 e. The van der Waals surface area contributed by atoms with Crippen molar-refractivity contribution in [1.29, 1.82) is 0 Å². The number of nitrogens with zero attached hydrogens (tertiary/aromatic N) is 2. The highest BCUT2D eigenvalue weighted by Crippen LogP contribution is 2.13. The Bertz CT molecular complexity index is 442. The number of amides is 1. The van der Waals surface area contributed by atoms with Crippen LogP contribution in [-0.4, -0.2) is 54.7 Å². The lowest BCUT2D eigenvalue weighted by atomic mass is 10.2. The molecule has 0 spiro atoms. The van der Waals surface area contributed by atoms with Gasteiger partial charge < -0.3 is 10.1 Å². The number of likely N-dealkylation sites (N-methyl/N-ethyl adjacent to an activating group) is 1. The number of hydrogen-bond donors (Lipinski definition) is 1. The van der Waals surface area contributed by atoms with Crippen LogP contribution in [0.15, 0.2) is 18.5 Å². The van der Waals surface area contributed by atoms with Crippen molar-refractivity contribution in [2.45, 2.75) is 13.0 Å². The average Bonchev–Trinajstić information content (AvgIpc) is 2.45. The van der Waals surface area contributed by atoms with Crippen molar-refractivity contribution in [3.8, 4) is 0 Å². The molecule has 1 aromatic heterocycles. The Balaban J connectivity index is 1.85. The molecule has 1 aromatic rings. The van der Waals surface area contributed by atoms with Crippen molar-refractivity contribution in [2.75, 3.05) is 32.8 Å². The lowest BCUT2D eigenvalue weighted by Gasteiger charge is -2.32. The summed E-state index contributed by atoms with van der Waals surface area (Å²) >= 11 is 5.95. The Labute approximate surface area is 117 Å². The fourth-order valence-corrected chi connectivity index (χ4v) is 2.23. The predicted molar refractivity (Wildman–Crippen MR) is 73.4 cm³/mol. The number of nitrogens with one attached hydrogen (secondary N) is 1. The van der Waals surface area contributed by atoms with Crippen LogP contribution in [0.25, 0.3) is 0 Å². The van der Waals surface area contributed by atoms with Gasteiger partial charge in [0.25, 0.3) is 5.91 Å². The minimum absolute atomic E-state index is 0.0353. The first kappa shape index (κ1) is 14.2. The lowest BCUT2D eigenvalue weighted by Crippen LogP contribution is -2.47. The summed E-state index contributed by atoms with van der Waals surface area (Å²) in [5, 5.41) is 3.25. The Morgan fingerprint density at radius 1 is 1.68 bits per heavy atom. The monoisotopic (exact) mass is 283 g/mol. The van der Waals surface area contributed by atoms with E-state index in [0.717, 1.165) is 19.6 Å². The van der Waals surface area contributed by atoms with E-state index in [1.807, 2.05) is 0 Å². The molecule has 1 atom stereocenters. The summed E-state index contributed by atoms with van der Waals surface area (Å²) in [4.78, 5) is 18.2. The van der Waals surface area contributed by atoms with Gasteiger partial charge in [0.2, 0.25) is 0 Å². The van der Waals surface area contributed by atoms with E-state index < -0.39 is 0 Å². The zero-order valence-corrected chi connectivity index (χ0v) is 11.7.